The van der Waals surface area contributed by atoms with Crippen molar-refractivity contribution >= 4 is 17.8 Å². The molecule has 0 radical (unpaired) electrons. The first-order valence-corrected chi connectivity index (χ1v) is 11.5. The minimum Gasteiger partial charge on any atom is -0.459 e. The van der Waals surface area contributed by atoms with Gasteiger partial charge in [-0.1, -0.05) is 5.16 Å². The quantitative estimate of drug-likeness (QED) is 0.616. The Balaban J connectivity index is 1.62. The van der Waals surface area contributed by atoms with Gasteiger partial charge in [0.15, 0.2) is 0 Å². The molecule has 0 aliphatic carbocycles. The van der Waals surface area contributed by atoms with E-state index in [1.807, 2.05) is 13.8 Å². The molecule has 1 aliphatic heterocycles. The van der Waals surface area contributed by atoms with Crippen LogP contribution >= 0.6 is 0 Å². The van der Waals surface area contributed by atoms with Gasteiger partial charge in [0.2, 0.25) is 5.91 Å². The molecule has 0 bridgehead atoms. The largest absolute Gasteiger partial charge is 0.459 e. The van der Waals surface area contributed by atoms with Crippen LogP contribution in [0.15, 0.2) is 4.52 Å². The van der Waals surface area contributed by atoms with Crippen LogP contribution in [0.2, 0.25) is 0 Å². The van der Waals surface area contributed by atoms with Gasteiger partial charge in [0.1, 0.15) is 11.5 Å². The number of carbonyl (C=O) groups is 3. The number of hydrogen-bond acceptors (Lipinski definition) is 6. The molecule has 0 unspecified atom stereocenters. The van der Waals surface area contributed by atoms with E-state index >= 15 is 0 Å². The summed E-state index contributed by atoms with van der Waals surface area (Å²) in [7, 11) is 0. The van der Waals surface area contributed by atoms with Crippen molar-refractivity contribution in [1.29, 1.82) is 0 Å². The zero-order chi connectivity index (χ0) is 24.3. The SMILES string of the molecule is Cc1noc(C)c1CCNC(=O)[C@@H]1CCCN(C(=O)c2[nH]c(C)c(C(=O)OC(C)C)c2C)C1. The highest BCUT2D eigenvalue weighted by molar-refractivity contribution is 6.00. The zero-order valence-electron chi connectivity index (χ0n) is 20.3. The van der Waals surface area contributed by atoms with Gasteiger partial charge in [-0.2, -0.15) is 0 Å². The third kappa shape index (κ3) is 5.46. The average Bonchev–Trinajstić information content (AvgIpc) is 3.24. The van der Waals surface area contributed by atoms with Crippen LogP contribution in [0.1, 0.15) is 75.8 Å². The van der Waals surface area contributed by atoms with Gasteiger partial charge in [-0.05, 0) is 66.4 Å². The van der Waals surface area contributed by atoms with Crippen LogP contribution in [-0.4, -0.2) is 58.6 Å². The molecular formula is C24H34N4O5. The molecule has 1 saturated heterocycles. The number of ether oxygens (including phenoxy) is 1. The number of carbonyl (C=O) groups excluding carboxylic acids is 3. The van der Waals surface area contributed by atoms with E-state index in [9.17, 15) is 14.4 Å². The van der Waals surface area contributed by atoms with Crippen molar-refractivity contribution in [3.05, 3.63) is 39.5 Å². The van der Waals surface area contributed by atoms with Crippen molar-refractivity contribution in [1.82, 2.24) is 20.4 Å². The summed E-state index contributed by atoms with van der Waals surface area (Å²) >= 11 is 0. The molecule has 2 aromatic rings. The van der Waals surface area contributed by atoms with Crippen LogP contribution in [0.25, 0.3) is 0 Å². The van der Waals surface area contributed by atoms with E-state index in [4.69, 9.17) is 9.26 Å². The Morgan fingerprint density at radius 2 is 1.97 bits per heavy atom. The number of aryl methyl sites for hydroxylation is 3. The molecule has 1 aliphatic rings. The van der Waals surface area contributed by atoms with Gasteiger partial charge in [0.25, 0.3) is 5.91 Å². The highest BCUT2D eigenvalue weighted by Crippen LogP contribution is 2.24. The molecule has 3 heterocycles. The molecule has 3 rings (SSSR count). The molecule has 9 heteroatoms. The second kappa shape index (κ2) is 10.2. The summed E-state index contributed by atoms with van der Waals surface area (Å²) in [6.07, 6.45) is 1.88. The fraction of sp³-hybridized carbons (Fsp3) is 0.583. The molecule has 1 fully saturated rings. The van der Waals surface area contributed by atoms with Gasteiger partial charge in [0.05, 0.1) is 23.3 Å². The lowest BCUT2D eigenvalue weighted by atomic mass is 9.96. The Morgan fingerprint density at radius 1 is 1.24 bits per heavy atom. The normalized spacial score (nSPS) is 16.2. The van der Waals surface area contributed by atoms with Crippen molar-refractivity contribution < 1.29 is 23.6 Å². The van der Waals surface area contributed by atoms with Crippen molar-refractivity contribution in [2.45, 2.75) is 66.9 Å². The summed E-state index contributed by atoms with van der Waals surface area (Å²) in [6, 6.07) is 0. The minimum absolute atomic E-state index is 0.0557. The fourth-order valence-corrected chi connectivity index (χ4v) is 4.39. The number of hydrogen-bond donors (Lipinski definition) is 2. The Labute approximate surface area is 194 Å². The molecule has 9 nitrogen and oxygen atoms in total. The molecule has 0 spiro atoms. The predicted molar refractivity (Wildman–Crippen MR) is 122 cm³/mol. The number of likely N-dealkylation sites (tertiary alicyclic amines) is 1. The highest BCUT2D eigenvalue weighted by atomic mass is 16.5. The first-order chi connectivity index (χ1) is 15.6. The molecule has 2 N–H and O–H groups in total. The molecule has 180 valence electrons. The average molecular weight is 459 g/mol. The number of H-pyrrole nitrogens is 1. The first-order valence-electron chi connectivity index (χ1n) is 11.5. The van der Waals surface area contributed by atoms with E-state index in [1.54, 1.807) is 32.6 Å². The second-order valence-corrected chi connectivity index (χ2v) is 9.01. The lowest BCUT2D eigenvalue weighted by Gasteiger charge is -2.32. The molecule has 33 heavy (non-hydrogen) atoms. The highest BCUT2D eigenvalue weighted by Gasteiger charge is 2.32. The second-order valence-electron chi connectivity index (χ2n) is 9.01. The molecule has 1 atom stereocenters. The minimum atomic E-state index is -0.440. The summed E-state index contributed by atoms with van der Waals surface area (Å²) in [5, 5.41) is 6.92. The Morgan fingerprint density at radius 3 is 2.61 bits per heavy atom. The van der Waals surface area contributed by atoms with E-state index in [2.05, 4.69) is 15.5 Å². The molecule has 2 aromatic heterocycles. The number of amides is 2. The number of rotatable bonds is 7. The fourth-order valence-electron chi connectivity index (χ4n) is 4.39. The Bertz CT molecular complexity index is 1020. The molecular weight excluding hydrogens is 424 g/mol. The van der Waals surface area contributed by atoms with Crippen LogP contribution in [0.3, 0.4) is 0 Å². The lowest BCUT2D eigenvalue weighted by molar-refractivity contribution is -0.126. The Hall–Kier alpha value is -3.10. The monoisotopic (exact) mass is 458 g/mol. The van der Waals surface area contributed by atoms with E-state index in [0.29, 0.717) is 48.6 Å². The van der Waals surface area contributed by atoms with Crippen LogP contribution in [0.5, 0.6) is 0 Å². The summed E-state index contributed by atoms with van der Waals surface area (Å²) in [5.41, 5.74) is 3.81. The summed E-state index contributed by atoms with van der Waals surface area (Å²) in [5.74, 6) is -0.199. The van der Waals surface area contributed by atoms with Gasteiger partial charge in [-0.25, -0.2) is 4.79 Å². The van der Waals surface area contributed by atoms with Gasteiger partial charge in [0, 0.05) is 30.9 Å². The standard InChI is InChI=1S/C24H34N4O5/c1-13(2)32-24(31)20-14(3)21(26-16(20)5)23(30)28-11-7-8-18(12-28)22(29)25-10-9-19-15(4)27-33-17(19)6/h13,18,26H,7-12H2,1-6H3,(H,25,29)/t18-/m1/s1. The van der Waals surface area contributed by atoms with Crippen molar-refractivity contribution in [3.63, 3.8) is 0 Å². The first kappa shape index (κ1) is 24.5. The number of nitrogens with one attached hydrogen (secondary N) is 2. The Kier molecular flexibility index (Phi) is 7.61. The van der Waals surface area contributed by atoms with Crippen LogP contribution in [0.4, 0.5) is 0 Å². The van der Waals surface area contributed by atoms with E-state index in [0.717, 1.165) is 29.9 Å². The zero-order valence-corrected chi connectivity index (χ0v) is 20.3. The number of nitrogens with zero attached hydrogens (tertiary/aromatic N) is 2. The van der Waals surface area contributed by atoms with Crippen molar-refractivity contribution in [3.8, 4) is 0 Å². The van der Waals surface area contributed by atoms with Crippen molar-refractivity contribution in [2.24, 2.45) is 5.92 Å². The number of aromatic nitrogens is 2. The summed E-state index contributed by atoms with van der Waals surface area (Å²) in [4.78, 5) is 43.2. The number of piperidine rings is 1. The summed E-state index contributed by atoms with van der Waals surface area (Å²) in [6.45, 7) is 12.2. The van der Waals surface area contributed by atoms with E-state index in [1.165, 1.54) is 0 Å². The van der Waals surface area contributed by atoms with Gasteiger partial charge < -0.3 is 24.5 Å². The maximum absolute atomic E-state index is 13.2. The van der Waals surface area contributed by atoms with E-state index in [-0.39, 0.29) is 23.8 Å². The molecule has 0 aromatic carbocycles. The third-order valence-corrected chi connectivity index (χ3v) is 6.13. The number of esters is 1. The molecule has 2 amide bonds. The maximum atomic E-state index is 13.2. The lowest BCUT2D eigenvalue weighted by Crippen LogP contribution is -2.46. The predicted octanol–water partition coefficient (Wildman–Crippen LogP) is 3.01. The topological polar surface area (TPSA) is 118 Å². The third-order valence-electron chi connectivity index (χ3n) is 6.13. The van der Waals surface area contributed by atoms with Crippen LogP contribution in [0, 0.1) is 33.6 Å². The van der Waals surface area contributed by atoms with E-state index < -0.39 is 5.97 Å². The van der Waals surface area contributed by atoms with Crippen LogP contribution in [-0.2, 0) is 16.0 Å². The van der Waals surface area contributed by atoms with Gasteiger partial charge in [-0.15, -0.1) is 0 Å². The van der Waals surface area contributed by atoms with Crippen LogP contribution < -0.4 is 5.32 Å². The molecule has 0 saturated carbocycles. The van der Waals surface area contributed by atoms with Gasteiger partial charge in [-0.3, -0.25) is 9.59 Å². The number of aromatic amines is 1. The smallest absolute Gasteiger partial charge is 0.340 e. The van der Waals surface area contributed by atoms with Gasteiger partial charge >= 0.3 is 5.97 Å². The maximum Gasteiger partial charge on any atom is 0.340 e. The summed E-state index contributed by atoms with van der Waals surface area (Å²) < 4.78 is 10.5. The van der Waals surface area contributed by atoms with Crippen molar-refractivity contribution in [2.75, 3.05) is 19.6 Å².